The maximum atomic E-state index is 11.7. The van der Waals surface area contributed by atoms with Gasteiger partial charge in [0.1, 0.15) is 0 Å². The van der Waals surface area contributed by atoms with Crippen LogP contribution < -0.4 is 5.73 Å². The van der Waals surface area contributed by atoms with Crippen molar-refractivity contribution in [1.82, 2.24) is 4.90 Å². The first-order chi connectivity index (χ1) is 8.00. The zero-order valence-corrected chi connectivity index (χ0v) is 10.9. The molecule has 0 aromatic heterocycles. The molecule has 0 amide bonds. The van der Waals surface area contributed by atoms with Gasteiger partial charge in [-0.1, -0.05) is 44.2 Å². The van der Waals surface area contributed by atoms with Crippen LogP contribution in [0.2, 0.25) is 0 Å². The van der Waals surface area contributed by atoms with Crippen LogP contribution in [0.15, 0.2) is 30.3 Å². The summed E-state index contributed by atoms with van der Waals surface area (Å²) < 4.78 is 0. The molecule has 0 saturated carbocycles. The van der Waals surface area contributed by atoms with Gasteiger partial charge in [-0.05, 0) is 12.6 Å². The van der Waals surface area contributed by atoms with Crippen molar-refractivity contribution in [3.05, 3.63) is 35.9 Å². The summed E-state index contributed by atoms with van der Waals surface area (Å²) in [5.41, 5.74) is 7.12. The Kier molecular flexibility index (Phi) is 5.32. The highest BCUT2D eigenvalue weighted by Gasteiger charge is 2.18. The van der Waals surface area contributed by atoms with Gasteiger partial charge in [-0.2, -0.15) is 0 Å². The van der Waals surface area contributed by atoms with Gasteiger partial charge in [0.25, 0.3) is 0 Å². The summed E-state index contributed by atoms with van der Waals surface area (Å²) in [4.78, 5) is 13.8. The monoisotopic (exact) mass is 234 g/mol. The standard InChI is InChI=1S/C14H22N2O/c1-11(2)14(17)13(15)10-16(3)9-12-7-5-4-6-8-12/h4-8,11,13H,9-10,15H2,1-3H3. The summed E-state index contributed by atoms with van der Waals surface area (Å²) in [6.07, 6.45) is 0. The number of nitrogens with zero attached hydrogens (tertiary/aromatic N) is 1. The van der Waals surface area contributed by atoms with Crippen LogP contribution in [0.5, 0.6) is 0 Å². The zero-order chi connectivity index (χ0) is 12.8. The van der Waals surface area contributed by atoms with E-state index >= 15 is 0 Å². The lowest BCUT2D eigenvalue weighted by Crippen LogP contribution is -2.42. The Bertz CT molecular complexity index is 348. The Morgan fingerprint density at radius 2 is 1.88 bits per heavy atom. The van der Waals surface area contributed by atoms with Gasteiger partial charge in [0.2, 0.25) is 0 Å². The second-order valence-electron chi connectivity index (χ2n) is 4.85. The third-order valence-electron chi connectivity index (χ3n) is 2.74. The van der Waals surface area contributed by atoms with Gasteiger partial charge in [-0.15, -0.1) is 0 Å². The lowest BCUT2D eigenvalue weighted by Gasteiger charge is -2.21. The van der Waals surface area contributed by atoms with Gasteiger partial charge in [0, 0.05) is 19.0 Å². The molecule has 0 bridgehead atoms. The van der Waals surface area contributed by atoms with Crippen molar-refractivity contribution < 1.29 is 4.79 Å². The molecule has 3 nitrogen and oxygen atoms in total. The zero-order valence-electron chi connectivity index (χ0n) is 10.9. The number of hydrogen-bond donors (Lipinski definition) is 1. The van der Waals surface area contributed by atoms with Crippen LogP contribution in [0.3, 0.4) is 0 Å². The molecule has 1 rings (SSSR count). The Balaban J connectivity index is 2.45. The largest absolute Gasteiger partial charge is 0.320 e. The van der Waals surface area contributed by atoms with Crippen molar-refractivity contribution in [2.75, 3.05) is 13.6 Å². The summed E-state index contributed by atoms with van der Waals surface area (Å²) in [6, 6.07) is 9.80. The smallest absolute Gasteiger partial charge is 0.153 e. The number of benzene rings is 1. The van der Waals surface area contributed by atoms with E-state index in [1.807, 2.05) is 39.1 Å². The average molecular weight is 234 g/mol. The normalized spacial score (nSPS) is 13.1. The van der Waals surface area contributed by atoms with Gasteiger partial charge in [-0.25, -0.2) is 0 Å². The third kappa shape index (κ3) is 4.67. The minimum Gasteiger partial charge on any atom is -0.320 e. The third-order valence-corrected chi connectivity index (χ3v) is 2.74. The molecule has 0 saturated heterocycles. The number of Topliss-reactive ketones (excluding diaryl/α,β-unsaturated/α-hetero) is 1. The highest BCUT2D eigenvalue weighted by molar-refractivity contribution is 5.85. The van der Waals surface area contributed by atoms with Crippen molar-refractivity contribution in [3.63, 3.8) is 0 Å². The number of rotatable bonds is 6. The fraction of sp³-hybridized carbons (Fsp3) is 0.500. The topological polar surface area (TPSA) is 46.3 Å². The fourth-order valence-electron chi connectivity index (χ4n) is 1.81. The Labute approximate surface area is 104 Å². The van der Waals surface area contributed by atoms with Crippen LogP contribution in [-0.4, -0.2) is 30.3 Å². The van der Waals surface area contributed by atoms with E-state index in [1.54, 1.807) is 0 Å². The van der Waals surface area contributed by atoms with Crippen LogP contribution in [0, 0.1) is 5.92 Å². The summed E-state index contributed by atoms with van der Waals surface area (Å²) in [5, 5.41) is 0. The molecular formula is C14H22N2O. The molecule has 2 N–H and O–H groups in total. The molecular weight excluding hydrogens is 212 g/mol. The van der Waals surface area contributed by atoms with E-state index in [4.69, 9.17) is 5.73 Å². The fourth-order valence-corrected chi connectivity index (χ4v) is 1.81. The molecule has 0 fully saturated rings. The molecule has 1 aromatic carbocycles. The van der Waals surface area contributed by atoms with Gasteiger partial charge >= 0.3 is 0 Å². The summed E-state index contributed by atoms with van der Waals surface area (Å²) in [5.74, 6) is 0.139. The Morgan fingerprint density at radius 3 is 2.41 bits per heavy atom. The van der Waals surface area contributed by atoms with Gasteiger partial charge in [-0.3, -0.25) is 4.79 Å². The van der Waals surface area contributed by atoms with Crippen molar-refractivity contribution >= 4 is 5.78 Å². The molecule has 0 aliphatic rings. The van der Waals surface area contributed by atoms with E-state index in [0.29, 0.717) is 6.54 Å². The quantitative estimate of drug-likeness (QED) is 0.814. The first kappa shape index (κ1) is 13.9. The van der Waals surface area contributed by atoms with Crippen LogP contribution in [0.1, 0.15) is 19.4 Å². The molecule has 1 atom stereocenters. The predicted molar refractivity (Wildman–Crippen MR) is 70.6 cm³/mol. The number of ketones is 1. The molecule has 0 radical (unpaired) electrons. The summed E-state index contributed by atoms with van der Waals surface area (Å²) in [6.45, 7) is 5.20. The number of carbonyl (C=O) groups excluding carboxylic acids is 1. The molecule has 0 heterocycles. The van der Waals surface area contributed by atoms with Gasteiger partial charge < -0.3 is 10.6 Å². The van der Waals surface area contributed by atoms with Crippen LogP contribution in [0.4, 0.5) is 0 Å². The summed E-state index contributed by atoms with van der Waals surface area (Å²) in [7, 11) is 1.99. The summed E-state index contributed by atoms with van der Waals surface area (Å²) >= 11 is 0. The second-order valence-corrected chi connectivity index (χ2v) is 4.85. The minimum atomic E-state index is -0.385. The number of hydrogen-bond acceptors (Lipinski definition) is 3. The first-order valence-corrected chi connectivity index (χ1v) is 6.02. The Hall–Kier alpha value is -1.19. The van der Waals surface area contributed by atoms with Crippen molar-refractivity contribution in [1.29, 1.82) is 0 Å². The van der Waals surface area contributed by atoms with E-state index < -0.39 is 0 Å². The maximum absolute atomic E-state index is 11.7. The van der Waals surface area contributed by atoms with Crippen molar-refractivity contribution in [2.24, 2.45) is 11.7 Å². The van der Waals surface area contributed by atoms with E-state index in [9.17, 15) is 4.79 Å². The second kappa shape index (κ2) is 6.52. The SMILES string of the molecule is CC(C)C(=O)C(N)CN(C)Cc1ccccc1. The van der Waals surface area contributed by atoms with E-state index in [1.165, 1.54) is 5.56 Å². The molecule has 0 spiro atoms. The molecule has 3 heteroatoms. The van der Waals surface area contributed by atoms with Crippen LogP contribution in [-0.2, 0) is 11.3 Å². The number of likely N-dealkylation sites (N-methyl/N-ethyl adjacent to an activating group) is 1. The highest BCUT2D eigenvalue weighted by atomic mass is 16.1. The Morgan fingerprint density at radius 1 is 1.29 bits per heavy atom. The van der Waals surface area contributed by atoms with E-state index in [-0.39, 0.29) is 17.7 Å². The predicted octanol–water partition coefficient (Wildman–Crippen LogP) is 1.67. The maximum Gasteiger partial charge on any atom is 0.153 e. The molecule has 0 aliphatic carbocycles. The number of nitrogens with two attached hydrogens (primary N) is 1. The van der Waals surface area contributed by atoms with Crippen molar-refractivity contribution in [2.45, 2.75) is 26.4 Å². The van der Waals surface area contributed by atoms with E-state index in [2.05, 4.69) is 17.0 Å². The lowest BCUT2D eigenvalue weighted by molar-refractivity contribution is -0.123. The molecule has 0 aliphatic heterocycles. The van der Waals surface area contributed by atoms with Crippen molar-refractivity contribution in [3.8, 4) is 0 Å². The lowest BCUT2D eigenvalue weighted by atomic mass is 10.0. The first-order valence-electron chi connectivity index (χ1n) is 6.02. The average Bonchev–Trinajstić information content (AvgIpc) is 2.28. The molecule has 1 aromatic rings. The molecule has 17 heavy (non-hydrogen) atoms. The molecule has 94 valence electrons. The van der Waals surface area contributed by atoms with Crippen LogP contribution >= 0.6 is 0 Å². The number of carbonyl (C=O) groups is 1. The van der Waals surface area contributed by atoms with Gasteiger partial charge in [0.15, 0.2) is 5.78 Å². The van der Waals surface area contributed by atoms with E-state index in [0.717, 1.165) is 6.54 Å². The molecule has 1 unspecified atom stereocenters. The van der Waals surface area contributed by atoms with Crippen LogP contribution in [0.25, 0.3) is 0 Å². The minimum absolute atomic E-state index is 0.00938. The van der Waals surface area contributed by atoms with Gasteiger partial charge in [0.05, 0.1) is 6.04 Å². The highest BCUT2D eigenvalue weighted by Crippen LogP contribution is 2.04.